The van der Waals surface area contributed by atoms with Gasteiger partial charge in [-0.3, -0.25) is 4.79 Å². The molecule has 1 amide bonds. The molecule has 2 aromatic rings. The molecule has 0 aliphatic rings. The Morgan fingerprint density at radius 3 is 2.58 bits per heavy atom. The summed E-state index contributed by atoms with van der Waals surface area (Å²) in [5.74, 6) is 0.654. The van der Waals surface area contributed by atoms with Crippen molar-refractivity contribution in [1.82, 2.24) is 10.2 Å². The van der Waals surface area contributed by atoms with Crippen molar-refractivity contribution in [3.8, 4) is 5.75 Å². The Morgan fingerprint density at radius 2 is 1.92 bits per heavy atom. The van der Waals surface area contributed by atoms with Crippen LogP contribution in [0.4, 0.5) is 0 Å². The van der Waals surface area contributed by atoms with Crippen LogP contribution >= 0.6 is 0 Å². The quantitative estimate of drug-likeness (QED) is 0.796. The number of likely N-dealkylation sites (N-methyl/N-ethyl adjacent to an activating group) is 1. The summed E-state index contributed by atoms with van der Waals surface area (Å²) >= 11 is 0. The number of hydrogen-bond donors (Lipinski definition) is 1. The van der Waals surface area contributed by atoms with E-state index in [4.69, 9.17) is 4.74 Å². The maximum Gasteiger partial charge on any atom is 0.244 e. The molecule has 24 heavy (non-hydrogen) atoms. The summed E-state index contributed by atoms with van der Waals surface area (Å²) in [4.78, 5) is 14.3. The number of rotatable bonds is 7. The third kappa shape index (κ3) is 5.56. The van der Waals surface area contributed by atoms with Gasteiger partial charge in [0.15, 0.2) is 0 Å². The molecule has 0 aliphatic heterocycles. The van der Waals surface area contributed by atoms with Crippen LogP contribution < -0.4 is 10.1 Å². The van der Waals surface area contributed by atoms with Gasteiger partial charge in [0.2, 0.25) is 5.91 Å². The number of carbonyl (C=O) groups is 1. The molecule has 4 nitrogen and oxygen atoms in total. The summed E-state index contributed by atoms with van der Waals surface area (Å²) in [6.45, 7) is 0.739. The summed E-state index contributed by atoms with van der Waals surface area (Å²) < 4.78 is 5.19. The normalized spacial score (nSPS) is 12.3. The molecule has 0 fully saturated rings. The standard InChI is InChI=1S/C20H24N2O2/c1-22(2)15-19(17-9-5-4-6-10-17)21-20(23)13-12-16-8-7-11-18(14-16)24-3/h4-14,19H,15H2,1-3H3,(H,21,23)/b13-12+. The minimum Gasteiger partial charge on any atom is -0.497 e. The second-order valence-corrected chi connectivity index (χ2v) is 5.84. The Morgan fingerprint density at radius 1 is 1.17 bits per heavy atom. The monoisotopic (exact) mass is 324 g/mol. The molecule has 0 saturated heterocycles. The zero-order valence-corrected chi connectivity index (χ0v) is 14.4. The second kappa shape index (κ2) is 8.89. The van der Waals surface area contributed by atoms with E-state index in [0.717, 1.165) is 23.4 Å². The van der Waals surface area contributed by atoms with Crippen molar-refractivity contribution in [2.75, 3.05) is 27.7 Å². The third-order valence-electron chi connectivity index (χ3n) is 3.59. The predicted molar refractivity (Wildman–Crippen MR) is 97.9 cm³/mol. The van der Waals surface area contributed by atoms with Gasteiger partial charge in [0.25, 0.3) is 0 Å². The fraction of sp³-hybridized carbons (Fsp3) is 0.250. The van der Waals surface area contributed by atoms with Gasteiger partial charge < -0.3 is 15.0 Å². The number of nitrogens with zero attached hydrogens (tertiary/aromatic N) is 1. The third-order valence-corrected chi connectivity index (χ3v) is 3.59. The molecule has 4 heteroatoms. The van der Waals surface area contributed by atoms with E-state index < -0.39 is 0 Å². The van der Waals surface area contributed by atoms with Crippen LogP contribution in [0, 0.1) is 0 Å². The highest BCUT2D eigenvalue weighted by Crippen LogP contribution is 2.15. The van der Waals surface area contributed by atoms with E-state index >= 15 is 0 Å². The molecule has 1 atom stereocenters. The highest BCUT2D eigenvalue weighted by Gasteiger charge is 2.13. The molecule has 1 unspecified atom stereocenters. The SMILES string of the molecule is COc1cccc(/C=C/C(=O)NC(CN(C)C)c2ccccc2)c1. The fourth-order valence-electron chi connectivity index (χ4n) is 2.42. The largest absolute Gasteiger partial charge is 0.497 e. The first-order valence-electron chi connectivity index (χ1n) is 7.91. The molecular weight excluding hydrogens is 300 g/mol. The van der Waals surface area contributed by atoms with Crippen molar-refractivity contribution in [1.29, 1.82) is 0 Å². The molecule has 0 heterocycles. The lowest BCUT2D eigenvalue weighted by Gasteiger charge is -2.22. The van der Waals surface area contributed by atoms with Gasteiger partial charge >= 0.3 is 0 Å². The summed E-state index contributed by atoms with van der Waals surface area (Å²) in [5, 5.41) is 3.06. The van der Waals surface area contributed by atoms with E-state index in [0.29, 0.717) is 0 Å². The molecule has 0 saturated carbocycles. The van der Waals surface area contributed by atoms with Gasteiger partial charge in [-0.05, 0) is 43.4 Å². The highest BCUT2D eigenvalue weighted by atomic mass is 16.5. The topological polar surface area (TPSA) is 41.6 Å². The zero-order valence-electron chi connectivity index (χ0n) is 14.4. The van der Waals surface area contributed by atoms with Crippen LogP contribution in [0.5, 0.6) is 5.75 Å². The average molecular weight is 324 g/mol. The summed E-state index contributed by atoms with van der Waals surface area (Å²) in [6.07, 6.45) is 3.34. The molecule has 1 N–H and O–H groups in total. The first-order chi connectivity index (χ1) is 11.6. The maximum absolute atomic E-state index is 12.3. The Hall–Kier alpha value is -2.59. The highest BCUT2D eigenvalue weighted by molar-refractivity contribution is 5.92. The number of benzene rings is 2. The van der Waals surface area contributed by atoms with Gasteiger partial charge in [0.05, 0.1) is 13.2 Å². The summed E-state index contributed by atoms with van der Waals surface area (Å²) in [5.41, 5.74) is 2.02. The van der Waals surface area contributed by atoms with E-state index in [1.165, 1.54) is 0 Å². The number of ether oxygens (including phenoxy) is 1. The van der Waals surface area contributed by atoms with Crippen molar-refractivity contribution < 1.29 is 9.53 Å². The number of methoxy groups -OCH3 is 1. The maximum atomic E-state index is 12.3. The molecular formula is C20H24N2O2. The minimum atomic E-state index is -0.117. The number of nitrogens with one attached hydrogen (secondary N) is 1. The van der Waals surface area contributed by atoms with Crippen LogP contribution in [0.1, 0.15) is 17.2 Å². The molecule has 0 radical (unpaired) electrons. The zero-order chi connectivity index (χ0) is 17.4. The first kappa shape index (κ1) is 17.8. The molecule has 0 bridgehead atoms. The lowest BCUT2D eigenvalue weighted by molar-refractivity contribution is -0.117. The lowest BCUT2D eigenvalue weighted by Crippen LogP contribution is -2.34. The number of hydrogen-bond acceptors (Lipinski definition) is 3. The van der Waals surface area contributed by atoms with Crippen LogP contribution in [0.2, 0.25) is 0 Å². The van der Waals surface area contributed by atoms with Gasteiger partial charge in [-0.2, -0.15) is 0 Å². The van der Waals surface area contributed by atoms with E-state index in [1.807, 2.05) is 68.7 Å². The Balaban J connectivity index is 2.05. The van der Waals surface area contributed by atoms with Gasteiger partial charge in [0.1, 0.15) is 5.75 Å². The van der Waals surface area contributed by atoms with Gasteiger partial charge in [-0.25, -0.2) is 0 Å². The van der Waals surface area contributed by atoms with Crippen molar-refractivity contribution in [2.45, 2.75) is 6.04 Å². The molecule has 2 rings (SSSR count). The van der Waals surface area contributed by atoms with Crippen molar-refractivity contribution in [3.63, 3.8) is 0 Å². The van der Waals surface area contributed by atoms with Crippen molar-refractivity contribution in [2.24, 2.45) is 0 Å². The molecule has 0 spiro atoms. The van der Waals surface area contributed by atoms with E-state index in [9.17, 15) is 4.79 Å². The summed E-state index contributed by atoms with van der Waals surface area (Å²) in [6, 6.07) is 17.5. The number of carbonyl (C=O) groups excluding carboxylic acids is 1. The summed E-state index contributed by atoms with van der Waals surface area (Å²) in [7, 11) is 5.61. The van der Waals surface area contributed by atoms with E-state index in [-0.39, 0.29) is 11.9 Å². The van der Waals surface area contributed by atoms with Crippen LogP contribution in [0.3, 0.4) is 0 Å². The van der Waals surface area contributed by atoms with Gasteiger partial charge in [-0.1, -0.05) is 42.5 Å². The molecule has 0 aliphatic carbocycles. The van der Waals surface area contributed by atoms with Crippen LogP contribution in [-0.4, -0.2) is 38.6 Å². The Kier molecular flexibility index (Phi) is 6.58. The Bertz CT molecular complexity index is 681. The average Bonchev–Trinajstić information content (AvgIpc) is 2.60. The number of amides is 1. The smallest absolute Gasteiger partial charge is 0.244 e. The van der Waals surface area contributed by atoms with Crippen LogP contribution in [0.15, 0.2) is 60.7 Å². The fourth-order valence-corrected chi connectivity index (χ4v) is 2.42. The van der Waals surface area contributed by atoms with Crippen molar-refractivity contribution >= 4 is 12.0 Å². The molecule has 2 aromatic carbocycles. The molecule has 0 aromatic heterocycles. The van der Waals surface area contributed by atoms with Crippen molar-refractivity contribution in [3.05, 3.63) is 71.8 Å². The minimum absolute atomic E-state index is 0.0522. The van der Waals surface area contributed by atoms with Crippen LogP contribution in [0.25, 0.3) is 6.08 Å². The molecule has 126 valence electrons. The van der Waals surface area contributed by atoms with E-state index in [2.05, 4.69) is 10.2 Å². The first-order valence-corrected chi connectivity index (χ1v) is 7.91. The van der Waals surface area contributed by atoms with Crippen LogP contribution in [-0.2, 0) is 4.79 Å². The predicted octanol–water partition coefficient (Wildman–Crippen LogP) is 3.13. The lowest BCUT2D eigenvalue weighted by atomic mass is 10.1. The van der Waals surface area contributed by atoms with Gasteiger partial charge in [-0.15, -0.1) is 0 Å². The second-order valence-electron chi connectivity index (χ2n) is 5.84. The van der Waals surface area contributed by atoms with E-state index in [1.54, 1.807) is 19.3 Å². The van der Waals surface area contributed by atoms with Gasteiger partial charge in [0, 0.05) is 12.6 Å². The Labute approximate surface area is 143 Å².